The fourth-order valence-electron chi connectivity index (χ4n) is 4.73. The number of rotatable bonds is 9. The van der Waals surface area contributed by atoms with Gasteiger partial charge in [-0.15, -0.1) is 0 Å². The summed E-state index contributed by atoms with van der Waals surface area (Å²) >= 11 is 0. The van der Waals surface area contributed by atoms with Crippen LogP contribution in [-0.2, 0) is 0 Å². The smallest absolute Gasteiger partial charge is 0.0881 e. The Bertz CT molecular complexity index is 824. The molecule has 0 fully saturated rings. The molecule has 162 valence electrons. The van der Waals surface area contributed by atoms with Crippen LogP contribution in [-0.4, -0.2) is 6.16 Å². The molecule has 1 atom stereocenters. The SMILES string of the molecule is CC(C/C=C/CC[P+](c1ccccc1)(c1ccccc1)c1ccccc1)CC(C)(C)C. The highest BCUT2D eigenvalue weighted by molar-refractivity contribution is 7.95. The molecule has 31 heavy (non-hydrogen) atoms. The summed E-state index contributed by atoms with van der Waals surface area (Å²) in [6.45, 7) is 9.40. The van der Waals surface area contributed by atoms with E-state index in [2.05, 4.69) is 131 Å². The van der Waals surface area contributed by atoms with Crippen LogP contribution in [0.15, 0.2) is 103 Å². The van der Waals surface area contributed by atoms with Crippen molar-refractivity contribution in [3.63, 3.8) is 0 Å². The first-order valence-corrected chi connectivity index (χ1v) is 13.6. The Morgan fingerprint density at radius 2 is 1.10 bits per heavy atom. The van der Waals surface area contributed by atoms with Crippen molar-refractivity contribution in [2.75, 3.05) is 6.16 Å². The van der Waals surface area contributed by atoms with E-state index in [1.165, 1.54) is 28.8 Å². The van der Waals surface area contributed by atoms with E-state index in [0.29, 0.717) is 5.41 Å². The zero-order valence-corrected chi connectivity index (χ0v) is 20.6. The predicted octanol–water partition coefficient (Wildman–Crippen LogP) is 7.39. The summed E-state index contributed by atoms with van der Waals surface area (Å²) in [6, 6.07) is 33.6. The van der Waals surface area contributed by atoms with Crippen molar-refractivity contribution >= 4 is 23.2 Å². The van der Waals surface area contributed by atoms with Crippen LogP contribution in [0.5, 0.6) is 0 Å². The monoisotopic (exact) mass is 429 g/mol. The maximum Gasteiger partial charge on any atom is 0.112 e. The van der Waals surface area contributed by atoms with Gasteiger partial charge >= 0.3 is 0 Å². The molecule has 0 aliphatic heterocycles. The Hall–Kier alpha value is -2.17. The van der Waals surface area contributed by atoms with Crippen molar-refractivity contribution in [2.45, 2.75) is 47.0 Å². The standard InChI is InChI=1S/C30H38P/c1-26(25-30(2,3)4)17-9-8-16-24-31(27-18-10-5-11-19-27,28-20-12-6-13-21-28)29-22-14-7-15-23-29/h5-15,18-23,26H,16-17,24-25H2,1-4H3/q+1/b9-8+. The van der Waals surface area contributed by atoms with Gasteiger partial charge in [0.05, 0.1) is 6.16 Å². The summed E-state index contributed by atoms with van der Waals surface area (Å²) in [5.41, 5.74) is 0.405. The molecule has 1 unspecified atom stereocenters. The highest BCUT2D eigenvalue weighted by Crippen LogP contribution is 2.55. The van der Waals surface area contributed by atoms with Crippen LogP contribution < -0.4 is 15.9 Å². The molecule has 0 bridgehead atoms. The minimum atomic E-state index is -1.70. The van der Waals surface area contributed by atoms with E-state index >= 15 is 0 Å². The van der Waals surface area contributed by atoms with Gasteiger partial charge in [-0.1, -0.05) is 94.4 Å². The number of hydrogen-bond donors (Lipinski definition) is 0. The van der Waals surface area contributed by atoms with Gasteiger partial charge in [0.2, 0.25) is 0 Å². The van der Waals surface area contributed by atoms with E-state index in [9.17, 15) is 0 Å². The average Bonchev–Trinajstić information content (AvgIpc) is 2.77. The molecule has 0 N–H and O–H groups in total. The molecule has 3 rings (SSSR count). The minimum absolute atomic E-state index is 0.405. The topological polar surface area (TPSA) is 0 Å². The molecule has 3 aromatic carbocycles. The maximum absolute atomic E-state index is 2.43. The van der Waals surface area contributed by atoms with Crippen molar-refractivity contribution in [3.8, 4) is 0 Å². The Labute approximate surface area is 190 Å². The Kier molecular flexibility index (Phi) is 8.28. The average molecular weight is 430 g/mol. The molecular formula is C30H38P+. The van der Waals surface area contributed by atoms with E-state index < -0.39 is 7.26 Å². The molecule has 0 amide bonds. The summed E-state index contributed by atoms with van der Waals surface area (Å²) in [7, 11) is -1.70. The van der Waals surface area contributed by atoms with Crippen LogP contribution in [0.2, 0.25) is 0 Å². The Morgan fingerprint density at radius 3 is 1.48 bits per heavy atom. The van der Waals surface area contributed by atoms with E-state index in [1.54, 1.807) is 0 Å². The van der Waals surface area contributed by atoms with Gasteiger partial charge in [0.25, 0.3) is 0 Å². The van der Waals surface area contributed by atoms with Crippen LogP contribution in [0, 0.1) is 11.3 Å². The van der Waals surface area contributed by atoms with E-state index in [-0.39, 0.29) is 0 Å². The summed E-state index contributed by atoms with van der Waals surface area (Å²) in [5, 5.41) is 4.42. The van der Waals surface area contributed by atoms with E-state index in [4.69, 9.17) is 0 Å². The fourth-order valence-corrected chi connectivity index (χ4v) is 8.97. The molecule has 0 heterocycles. The first-order valence-electron chi connectivity index (χ1n) is 11.6. The van der Waals surface area contributed by atoms with E-state index in [1.807, 2.05) is 0 Å². The molecule has 0 saturated carbocycles. The number of hydrogen-bond acceptors (Lipinski definition) is 0. The molecular weight excluding hydrogens is 391 g/mol. The second-order valence-corrected chi connectivity index (χ2v) is 13.5. The van der Waals surface area contributed by atoms with Crippen LogP contribution in [0.4, 0.5) is 0 Å². The second kappa shape index (κ2) is 10.9. The van der Waals surface area contributed by atoms with Crippen LogP contribution >= 0.6 is 7.26 Å². The number of benzene rings is 3. The largest absolute Gasteiger partial charge is 0.112 e. The second-order valence-electron chi connectivity index (χ2n) is 9.91. The Balaban J connectivity index is 1.89. The van der Waals surface area contributed by atoms with Gasteiger partial charge in [-0.2, -0.15) is 0 Å². The van der Waals surface area contributed by atoms with Gasteiger partial charge in [-0.3, -0.25) is 0 Å². The lowest BCUT2D eigenvalue weighted by molar-refractivity contribution is 0.308. The van der Waals surface area contributed by atoms with Gasteiger partial charge in [0.15, 0.2) is 0 Å². The summed E-state index contributed by atoms with van der Waals surface area (Å²) < 4.78 is 0. The summed E-state index contributed by atoms with van der Waals surface area (Å²) in [4.78, 5) is 0. The van der Waals surface area contributed by atoms with Gasteiger partial charge in [0.1, 0.15) is 23.2 Å². The quantitative estimate of drug-likeness (QED) is 0.246. The zero-order valence-electron chi connectivity index (χ0n) is 19.7. The lowest BCUT2D eigenvalue weighted by atomic mass is 9.84. The summed E-state index contributed by atoms with van der Waals surface area (Å²) in [6.07, 6.45) is 9.57. The van der Waals surface area contributed by atoms with Gasteiger partial charge in [-0.25, -0.2) is 0 Å². The van der Waals surface area contributed by atoms with Crippen molar-refractivity contribution in [1.82, 2.24) is 0 Å². The zero-order chi connectivity index (χ0) is 22.2. The third-order valence-electron chi connectivity index (χ3n) is 5.89. The van der Waals surface area contributed by atoms with Crippen molar-refractivity contribution < 1.29 is 0 Å². The molecule has 0 aliphatic carbocycles. The van der Waals surface area contributed by atoms with Gasteiger partial charge in [-0.05, 0) is 60.6 Å². The van der Waals surface area contributed by atoms with Crippen LogP contribution in [0.25, 0.3) is 0 Å². The van der Waals surface area contributed by atoms with Crippen LogP contribution in [0.3, 0.4) is 0 Å². The minimum Gasteiger partial charge on any atom is -0.0881 e. The summed E-state index contributed by atoms with van der Waals surface area (Å²) in [5.74, 6) is 0.730. The molecule has 0 aromatic heterocycles. The molecule has 3 aromatic rings. The Morgan fingerprint density at radius 1 is 0.677 bits per heavy atom. The molecule has 0 aliphatic rings. The molecule has 0 radical (unpaired) electrons. The molecule has 1 heteroatoms. The first-order chi connectivity index (χ1) is 14.9. The van der Waals surface area contributed by atoms with Gasteiger partial charge in [0, 0.05) is 6.42 Å². The maximum atomic E-state index is 2.43. The highest BCUT2D eigenvalue weighted by Gasteiger charge is 2.44. The molecule has 0 saturated heterocycles. The van der Waals surface area contributed by atoms with Crippen molar-refractivity contribution in [3.05, 3.63) is 103 Å². The highest BCUT2D eigenvalue weighted by atomic mass is 31.2. The third-order valence-corrected chi connectivity index (χ3v) is 10.4. The van der Waals surface area contributed by atoms with Gasteiger partial charge < -0.3 is 0 Å². The third kappa shape index (κ3) is 6.41. The molecule has 0 nitrogen and oxygen atoms in total. The normalized spacial score (nSPS) is 13.4. The first kappa shape index (κ1) is 23.5. The van der Waals surface area contributed by atoms with E-state index in [0.717, 1.165) is 18.5 Å². The number of allylic oxidation sites excluding steroid dienone is 2. The fraction of sp³-hybridized carbons (Fsp3) is 0.333. The molecule has 0 spiro atoms. The van der Waals surface area contributed by atoms with Crippen molar-refractivity contribution in [2.24, 2.45) is 11.3 Å². The van der Waals surface area contributed by atoms with Crippen LogP contribution in [0.1, 0.15) is 47.0 Å². The lowest BCUT2D eigenvalue weighted by Gasteiger charge is -2.27. The van der Waals surface area contributed by atoms with Crippen molar-refractivity contribution in [1.29, 1.82) is 0 Å². The predicted molar refractivity (Wildman–Crippen MR) is 142 cm³/mol. The lowest BCUT2D eigenvalue weighted by Crippen LogP contribution is -2.33.